The fraction of sp³-hybridized carbons (Fsp3) is 0.333. The Labute approximate surface area is 129 Å². The quantitative estimate of drug-likeness (QED) is 0.906. The highest BCUT2D eigenvalue weighted by atomic mass is 35.5. The number of aryl methyl sites for hydroxylation is 1. The van der Waals surface area contributed by atoms with Crippen LogP contribution in [0.2, 0.25) is 10.0 Å². The molecule has 0 radical (unpaired) electrons. The minimum atomic E-state index is -0.0366. The van der Waals surface area contributed by atoms with Gasteiger partial charge < -0.3 is 10.2 Å². The molecule has 0 aliphatic carbocycles. The SMILES string of the molecule is Cc1occc1CN(C)C(CN)c1c(Cl)cccc1Cl. The van der Waals surface area contributed by atoms with Crippen LogP contribution in [0.3, 0.4) is 0 Å². The fourth-order valence-electron chi connectivity index (χ4n) is 2.30. The Morgan fingerprint density at radius 2 is 1.90 bits per heavy atom. The summed E-state index contributed by atoms with van der Waals surface area (Å²) in [5, 5.41) is 1.28. The number of benzene rings is 1. The maximum Gasteiger partial charge on any atom is 0.105 e. The monoisotopic (exact) mass is 312 g/mol. The molecule has 1 atom stereocenters. The van der Waals surface area contributed by atoms with Gasteiger partial charge in [0.1, 0.15) is 5.76 Å². The molecule has 0 bridgehead atoms. The van der Waals surface area contributed by atoms with Crippen LogP contribution in [0.1, 0.15) is 22.9 Å². The third-order valence-corrected chi connectivity index (χ3v) is 4.13. The summed E-state index contributed by atoms with van der Waals surface area (Å²) in [4.78, 5) is 2.13. The summed E-state index contributed by atoms with van der Waals surface area (Å²) in [6.45, 7) is 3.12. The molecule has 0 aliphatic heterocycles. The highest BCUT2D eigenvalue weighted by Crippen LogP contribution is 2.33. The van der Waals surface area contributed by atoms with Crippen molar-refractivity contribution in [1.82, 2.24) is 4.90 Å². The molecule has 108 valence electrons. The number of hydrogen-bond acceptors (Lipinski definition) is 3. The highest BCUT2D eigenvalue weighted by Gasteiger charge is 2.21. The smallest absolute Gasteiger partial charge is 0.105 e. The molecule has 2 aromatic rings. The summed E-state index contributed by atoms with van der Waals surface area (Å²) in [5.74, 6) is 0.915. The maximum atomic E-state index is 6.28. The van der Waals surface area contributed by atoms with Crippen molar-refractivity contribution in [3.63, 3.8) is 0 Å². The number of hydrogen-bond donors (Lipinski definition) is 1. The van der Waals surface area contributed by atoms with Crippen molar-refractivity contribution in [3.8, 4) is 0 Å². The highest BCUT2D eigenvalue weighted by molar-refractivity contribution is 6.36. The van der Waals surface area contributed by atoms with Crippen LogP contribution in [-0.2, 0) is 6.54 Å². The lowest BCUT2D eigenvalue weighted by molar-refractivity contribution is 0.240. The van der Waals surface area contributed by atoms with Crippen LogP contribution >= 0.6 is 23.2 Å². The first-order valence-electron chi connectivity index (χ1n) is 6.41. The van der Waals surface area contributed by atoms with E-state index in [9.17, 15) is 0 Å². The Bertz CT molecular complexity index is 563. The van der Waals surface area contributed by atoms with Crippen LogP contribution in [0.4, 0.5) is 0 Å². The number of halogens is 2. The van der Waals surface area contributed by atoms with Crippen LogP contribution in [0.25, 0.3) is 0 Å². The second kappa shape index (κ2) is 6.64. The molecule has 0 spiro atoms. The third kappa shape index (κ3) is 3.18. The number of likely N-dealkylation sites (N-methyl/N-ethyl adjacent to an activating group) is 1. The molecule has 1 aromatic carbocycles. The van der Waals surface area contributed by atoms with Crippen LogP contribution in [0.5, 0.6) is 0 Å². The van der Waals surface area contributed by atoms with Gasteiger partial charge in [-0.1, -0.05) is 29.3 Å². The Morgan fingerprint density at radius 3 is 2.40 bits per heavy atom. The predicted molar refractivity (Wildman–Crippen MR) is 83.2 cm³/mol. The molecule has 1 aromatic heterocycles. The van der Waals surface area contributed by atoms with Crippen molar-refractivity contribution in [2.75, 3.05) is 13.6 Å². The Hall–Kier alpha value is -1.00. The number of nitrogens with zero attached hydrogens (tertiary/aromatic N) is 1. The van der Waals surface area contributed by atoms with Crippen molar-refractivity contribution < 1.29 is 4.42 Å². The normalized spacial score (nSPS) is 12.9. The lowest BCUT2D eigenvalue weighted by atomic mass is 10.0. The third-order valence-electron chi connectivity index (χ3n) is 3.47. The molecule has 3 nitrogen and oxygen atoms in total. The van der Waals surface area contributed by atoms with Crippen LogP contribution < -0.4 is 5.73 Å². The minimum absolute atomic E-state index is 0.0366. The summed E-state index contributed by atoms with van der Waals surface area (Å²) >= 11 is 12.6. The van der Waals surface area contributed by atoms with Gasteiger partial charge in [0.05, 0.1) is 12.3 Å². The van der Waals surface area contributed by atoms with E-state index in [0.29, 0.717) is 16.6 Å². The van der Waals surface area contributed by atoms with Crippen molar-refractivity contribution in [2.45, 2.75) is 19.5 Å². The second-order valence-corrected chi connectivity index (χ2v) is 5.62. The predicted octanol–water partition coefficient (Wildman–Crippen LogP) is 4.03. The molecule has 20 heavy (non-hydrogen) atoms. The topological polar surface area (TPSA) is 42.4 Å². The summed E-state index contributed by atoms with van der Waals surface area (Å²) in [6.07, 6.45) is 1.69. The van der Waals surface area contributed by atoms with E-state index in [1.165, 1.54) is 0 Å². The van der Waals surface area contributed by atoms with Crippen LogP contribution in [0.15, 0.2) is 34.9 Å². The summed E-state index contributed by atoms with van der Waals surface area (Å²) in [6, 6.07) is 7.44. The van der Waals surface area contributed by atoms with Gasteiger partial charge in [-0.3, -0.25) is 4.90 Å². The largest absolute Gasteiger partial charge is 0.469 e. The lowest BCUT2D eigenvalue weighted by Crippen LogP contribution is -2.30. The Morgan fingerprint density at radius 1 is 1.25 bits per heavy atom. The van der Waals surface area contributed by atoms with E-state index in [1.54, 1.807) is 6.26 Å². The zero-order chi connectivity index (χ0) is 14.7. The first-order valence-corrected chi connectivity index (χ1v) is 7.17. The molecule has 0 aliphatic rings. The number of nitrogens with two attached hydrogens (primary N) is 1. The molecule has 0 saturated heterocycles. The number of furan rings is 1. The molecule has 5 heteroatoms. The van der Waals surface area contributed by atoms with Gasteiger partial charge in [-0.15, -0.1) is 0 Å². The second-order valence-electron chi connectivity index (χ2n) is 4.80. The minimum Gasteiger partial charge on any atom is -0.469 e. The van der Waals surface area contributed by atoms with Crippen LogP contribution in [0, 0.1) is 6.92 Å². The van der Waals surface area contributed by atoms with Crippen molar-refractivity contribution in [3.05, 3.63) is 57.5 Å². The van der Waals surface area contributed by atoms with E-state index in [4.69, 9.17) is 33.4 Å². The van der Waals surface area contributed by atoms with Gasteiger partial charge >= 0.3 is 0 Å². The van der Waals surface area contributed by atoms with E-state index in [2.05, 4.69) is 4.90 Å². The summed E-state index contributed by atoms with van der Waals surface area (Å²) in [5.41, 5.74) is 7.94. The van der Waals surface area contributed by atoms with Crippen molar-refractivity contribution >= 4 is 23.2 Å². The van der Waals surface area contributed by atoms with Crippen LogP contribution in [-0.4, -0.2) is 18.5 Å². The lowest BCUT2D eigenvalue weighted by Gasteiger charge is -2.28. The van der Waals surface area contributed by atoms with Crippen molar-refractivity contribution in [2.24, 2.45) is 5.73 Å². The Kier molecular flexibility index (Phi) is 5.11. The molecule has 1 unspecified atom stereocenters. The average molecular weight is 313 g/mol. The zero-order valence-corrected chi connectivity index (χ0v) is 13.1. The first kappa shape index (κ1) is 15.4. The molecule has 0 amide bonds. The van der Waals surface area contributed by atoms with Gasteiger partial charge in [0.25, 0.3) is 0 Å². The molecule has 0 fully saturated rings. The maximum absolute atomic E-state index is 6.28. The Balaban J connectivity index is 2.26. The molecule has 1 heterocycles. The van der Waals surface area contributed by atoms with Gasteiger partial charge in [-0.05, 0) is 32.2 Å². The standard InChI is InChI=1S/C15H18Cl2N2O/c1-10-11(6-7-20-10)9-19(2)14(8-18)15-12(16)4-3-5-13(15)17/h3-7,14H,8-9,18H2,1-2H3. The fourth-order valence-corrected chi connectivity index (χ4v) is 2.95. The summed E-state index contributed by atoms with van der Waals surface area (Å²) < 4.78 is 5.32. The van der Waals surface area contributed by atoms with E-state index < -0.39 is 0 Å². The van der Waals surface area contributed by atoms with E-state index in [-0.39, 0.29) is 6.04 Å². The van der Waals surface area contributed by atoms with E-state index in [1.807, 2.05) is 38.2 Å². The molecule has 2 rings (SSSR count). The van der Waals surface area contributed by atoms with Gasteiger partial charge in [-0.25, -0.2) is 0 Å². The first-order chi connectivity index (χ1) is 9.54. The molecular weight excluding hydrogens is 295 g/mol. The molecular formula is C15H18Cl2N2O. The summed E-state index contributed by atoms with van der Waals surface area (Å²) in [7, 11) is 2.00. The van der Waals surface area contributed by atoms with Crippen molar-refractivity contribution in [1.29, 1.82) is 0 Å². The van der Waals surface area contributed by atoms with E-state index in [0.717, 1.165) is 23.4 Å². The van der Waals surface area contributed by atoms with E-state index >= 15 is 0 Å². The van der Waals surface area contributed by atoms with Gasteiger partial charge in [0.2, 0.25) is 0 Å². The number of rotatable bonds is 5. The van der Waals surface area contributed by atoms with Gasteiger partial charge in [-0.2, -0.15) is 0 Å². The average Bonchev–Trinajstić information content (AvgIpc) is 2.79. The zero-order valence-electron chi connectivity index (χ0n) is 11.6. The van der Waals surface area contributed by atoms with Gasteiger partial charge in [0, 0.05) is 34.3 Å². The molecule has 0 saturated carbocycles. The molecule has 2 N–H and O–H groups in total. The van der Waals surface area contributed by atoms with Gasteiger partial charge in [0.15, 0.2) is 0 Å².